The Morgan fingerprint density at radius 2 is 1.76 bits per heavy atom. The van der Waals surface area contributed by atoms with Crippen LogP contribution in [0.2, 0.25) is 0 Å². The number of nitrogens with two attached hydrogens (primary N) is 1. The zero-order chi connectivity index (χ0) is 24.7. The Morgan fingerprint density at radius 3 is 2.35 bits per heavy atom. The molecule has 0 spiro atoms. The van der Waals surface area contributed by atoms with Gasteiger partial charge in [-0.05, 0) is 89.1 Å². The van der Waals surface area contributed by atoms with Gasteiger partial charge >= 0.3 is 6.09 Å². The van der Waals surface area contributed by atoms with Crippen LogP contribution in [0.25, 0.3) is 0 Å². The van der Waals surface area contributed by atoms with Gasteiger partial charge in [-0.3, -0.25) is 4.79 Å². The van der Waals surface area contributed by atoms with Crippen molar-refractivity contribution in [1.82, 2.24) is 4.90 Å². The minimum absolute atomic E-state index is 0.0893. The number of nitrogens with zero attached hydrogens (tertiary/aromatic N) is 2. The lowest BCUT2D eigenvalue weighted by molar-refractivity contribution is 0.0603. The van der Waals surface area contributed by atoms with Gasteiger partial charge in [0.1, 0.15) is 11.4 Å². The molecule has 0 saturated carbocycles. The molecular formula is C27H32N4O3. The highest BCUT2D eigenvalue weighted by molar-refractivity contribution is 6.03. The van der Waals surface area contributed by atoms with Crippen LogP contribution in [-0.2, 0) is 4.74 Å². The van der Waals surface area contributed by atoms with E-state index < -0.39 is 11.7 Å². The van der Waals surface area contributed by atoms with E-state index in [2.05, 4.69) is 29.1 Å². The Balaban J connectivity index is 1.51. The summed E-state index contributed by atoms with van der Waals surface area (Å²) in [6.07, 6.45) is 1.42. The van der Waals surface area contributed by atoms with E-state index in [9.17, 15) is 9.59 Å². The number of hydrogen-bond acceptors (Lipinski definition) is 4. The fraction of sp³-hybridized carbons (Fsp3) is 0.370. The molecule has 2 aromatic rings. The summed E-state index contributed by atoms with van der Waals surface area (Å²) in [7, 11) is 0. The molecule has 3 N–H and O–H groups in total. The third kappa shape index (κ3) is 7.11. The molecule has 7 heteroatoms. The summed E-state index contributed by atoms with van der Waals surface area (Å²) in [4.78, 5) is 30.1. The van der Waals surface area contributed by atoms with Crippen molar-refractivity contribution in [2.75, 3.05) is 18.4 Å². The van der Waals surface area contributed by atoms with Crippen molar-refractivity contribution in [2.45, 2.75) is 52.2 Å². The van der Waals surface area contributed by atoms with Crippen molar-refractivity contribution in [3.8, 4) is 11.8 Å². The highest BCUT2D eigenvalue weighted by Crippen LogP contribution is 2.19. The number of amides is 2. The predicted octanol–water partition coefficient (Wildman–Crippen LogP) is 4.42. The average molecular weight is 461 g/mol. The summed E-state index contributed by atoms with van der Waals surface area (Å²) in [5, 5.41) is 3.22. The molecule has 34 heavy (non-hydrogen) atoms. The highest BCUT2D eigenvalue weighted by atomic mass is 16.6. The molecule has 2 amide bonds. The van der Waals surface area contributed by atoms with Crippen molar-refractivity contribution in [3.63, 3.8) is 0 Å². The molecule has 0 radical (unpaired) electrons. The number of likely N-dealkylation sites (tertiary alicyclic amines) is 1. The molecular weight excluding hydrogens is 428 g/mol. The van der Waals surface area contributed by atoms with Gasteiger partial charge in [-0.15, -0.1) is 0 Å². The minimum Gasteiger partial charge on any atom is -0.442 e. The number of amidine groups is 1. The second-order valence-corrected chi connectivity index (χ2v) is 9.28. The topological polar surface area (TPSA) is 97.0 Å². The molecule has 7 nitrogen and oxygen atoms in total. The number of ether oxygens (including phenoxy) is 1. The summed E-state index contributed by atoms with van der Waals surface area (Å²) >= 11 is 0. The average Bonchev–Trinajstić information content (AvgIpc) is 3.21. The Labute approximate surface area is 201 Å². The van der Waals surface area contributed by atoms with Gasteiger partial charge in [-0.2, -0.15) is 4.99 Å². The van der Waals surface area contributed by atoms with Crippen molar-refractivity contribution >= 4 is 23.5 Å². The van der Waals surface area contributed by atoms with Gasteiger partial charge in [0, 0.05) is 35.0 Å². The molecule has 3 rings (SSSR count). The van der Waals surface area contributed by atoms with Crippen LogP contribution in [0.3, 0.4) is 0 Å². The highest BCUT2D eigenvalue weighted by Gasteiger charge is 2.25. The van der Waals surface area contributed by atoms with Crippen molar-refractivity contribution < 1.29 is 14.3 Å². The van der Waals surface area contributed by atoms with Crippen molar-refractivity contribution in [3.05, 3.63) is 65.2 Å². The lowest BCUT2D eigenvalue weighted by Crippen LogP contribution is -2.33. The molecule has 1 unspecified atom stereocenters. The van der Waals surface area contributed by atoms with Gasteiger partial charge in [-0.25, -0.2) is 4.79 Å². The second kappa shape index (κ2) is 10.9. The van der Waals surface area contributed by atoms with Crippen molar-refractivity contribution in [1.29, 1.82) is 0 Å². The van der Waals surface area contributed by atoms with E-state index in [4.69, 9.17) is 10.5 Å². The van der Waals surface area contributed by atoms with Crippen LogP contribution >= 0.6 is 0 Å². The van der Waals surface area contributed by atoms with Crippen LogP contribution in [0.5, 0.6) is 0 Å². The molecule has 178 valence electrons. The first-order valence-electron chi connectivity index (χ1n) is 11.4. The van der Waals surface area contributed by atoms with Crippen LogP contribution in [0.15, 0.2) is 53.5 Å². The number of aliphatic imine (C=N–C) groups is 1. The first-order chi connectivity index (χ1) is 16.1. The molecule has 0 aromatic heterocycles. The van der Waals surface area contributed by atoms with Crippen molar-refractivity contribution in [2.24, 2.45) is 10.7 Å². The number of hydrogen-bond donors (Lipinski definition) is 2. The first kappa shape index (κ1) is 24.8. The lowest BCUT2D eigenvalue weighted by Gasteiger charge is -2.21. The maximum Gasteiger partial charge on any atom is 0.436 e. The Hall–Kier alpha value is -3.79. The molecule has 0 aliphatic carbocycles. The molecule has 1 aliphatic heterocycles. The third-order valence-electron chi connectivity index (χ3n) is 5.35. The van der Waals surface area contributed by atoms with Gasteiger partial charge in [0.2, 0.25) is 0 Å². The maximum atomic E-state index is 12.6. The smallest absolute Gasteiger partial charge is 0.436 e. The Bertz CT molecular complexity index is 1100. The van der Waals surface area contributed by atoms with Crippen LogP contribution in [0, 0.1) is 11.8 Å². The van der Waals surface area contributed by atoms with Crippen LogP contribution in [0.1, 0.15) is 62.0 Å². The van der Waals surface area contributed by atoms with Gasteiger partial charge in [0.25, 0.3) is 5.91 Å². The van der Waals surface area contributed by atoms with Gasteiger partial charge < -0.3 is 20.7 Å². The van der Waals surface area contributed by atoms with Crippen LogP contribution in [-0.4, -0.2) is 47.5 Å². The zero-order valence-electron chi connectivity index (χ0n) is 20.2. The molecule has 1 heterocycles. The maximum absolute atomic E-state index is 12.6. The summed E-state index contributed by atoms with van der Waals surface area (Å²) in [5.74, 6) is 6.37. The van der Waals surface area contributed by atoms with E-state index in [1.165, 1.54) is 0 Å². The summed E-state index contributed by atoms with van der Waals surface area (Å²) in [6, 6.07) is 15.0. The summed E-state index contributed by atoms with van der Waals surface area (Å²) in [5.41, 5.74) is 8.33. The standard InChI is InChI=1S/C27H32N4O3/c1-19-7-6-18-31(19)25(32)22-11-9-20(10-12-22)8-5-17-29-23-15-13-21(14-16-23)24(28)30-26(33)34-27(2,3)4/h9-16,19,29H,6-7,17-18H2,1-4H3,(H2,28,30,33). The van der Waals surface area contributed by atoms with E-state index in [1.54, 1.807) is 32.9 Å². The fourth-order valence-corrected chi connectivity index (χ4v) is 3.60. The lowest BCUT2D eigenvalue weighted by atomic mass is 10.1. The molecule has 1 fully saturated rings. The third-order valence-corrected chi connectivity index (χ3v) is 5.35. The number of anilines is 1. The monoisotopic (exact) mass is 460 g/mol. The fourth-order valence-electron chi connectivity index (χ4n) is 3.60. The van der Waals surface area contributed by atoms with Gasteiger partial charge in [0.15, 0.2) is 0 Å². The molecule has 1 atom stereocenters. The van der Waals surface area contributed by atoms with E-state index in [-0.39, 0.29) is 11.7 Å². The van der Waals surface area contributed by atoms with E-state index in [0.29, 0.717) is 23.7 Å². The SMILES string of the molecule is CC1CCCN1C(=O)c1ccc(C#CCNc2ccc(/C(N)=N\C(=O)OC(C)(C)C)cc2)cc1. The zero-order valence-corrected chi connectivity index (χ0v) is 20.2. The first-order valence-corrected chi connectivity index (χ1v) is 11.4. The van der Waals surface area contributed by atoms with Crippen LogP contribution < -0.4 is 11.1 Å². The Kier molecular flexibility index (Phi) is 7.95. The largest absolute Gasteiger partial charge is 0.442 e. The number of rotatable bonds is 4. The molecule has 1 saturated heterocycles. The van der Waals surface area contributed by atoms with E-state index >= 15 is 0 Å². The quantitative estimate of drug-likeness (QED) is 0.400. The number of benzene rings is 2. The number of carbonyl (C=O) groups is 2. The van der Waals surface area contributed by atoms with E-state index in [0.717, 1.165) is 30.6 Å². The second-order valence-electron chi connectivity index (χ2n) is 9.28. The Morgan fingerprint density at radius 1 is 1.12 bits per heavy atom. The summed E-state index contributed by atoms with van der Waals surface area (Å²) < 4.78 is 5.15. The normalized spacial score (nSPS) is 15.9. The number of nitrogens with one attached hydrogen (secondary N) is 1. The minimum atomic E-state index is -0.717. The van der Waals surface area contributed by atoms with Crippen LogP contribution in [0.4, 0.5) is 10.5 Å². The number of carbonyl (C=O) groups excluding carboxylic acids is 2. The molecule has 0 bridgehead atoms. The molecule has 2 aromatic carbocycles. The van der Waals surface area contributed by atoms with E-state index in [1.807, 2.05) is 41.3 Å². The predicted molar refractivity (Wildman–Crippen MR) is 135 cm³/mol. The summed E-state index contributed by atoms with van der Waals surface area (Å²) in [6.45, 7) is 8.69. The molecule has 1 aliphatic rings. The van der Waals surface area contributed by atoms with Gasteiger partial charge in [-0.1, -0.05) is 11.8 Å². The van der Waals surface area contributed by atoms with Gasteiger partial charge in [0.05, 0.1) is 6.54 Å².